The molecule has 0 aliphatic carbocycles. The average Bonchev–Trinajstić information content (AvgIpc) is 3.32. The number of nitrogens with zero attached hydrogens (tertiary/aromatic N) is 3. The quantitative estimate of drug-likeness (QED) is 0.362. The Labute approximate surface area is 167 Å². The minimum Gasteiger partial charge on any atom is -0.383 e. The molecule has 0 fully saturated rings. The van der Waals surface area contributed by atoms with Crippen molar-refractivity contribution >= 4 is 54.6 Å². The number of rotatable bonds is 5. The van der Waals surface area contributed by atoms with Gasteiger partial charge in [-0.3, -0.25) is 14.9 Å². The smallest absolute Gasteiger partial charge is 0.324 e. The number of thiophene rings is 1. The first-order valence-corrected chi connectivity index (χ1v) is 10.0. The normalized spacial score (nSPS) is 12.1. The highest BCUT2D eigenvalue weighted by Gasteiger charge is 2.16. The summed E-state index contributed by atoms with van der Waals surface area (Å²) in [5, 5.41) is 13.0. The van der Waals surface area contributed by atoms with E-state index in [2.05, 4.69) is 4.99 Å². The molecule has 0 saturated heterocycles. The fourth-order valence-electron chi connectivity index (χ4n) is 2.97. The van der Waals surface area contributed by atoms with Crippen molar-refractivity contribution in [3.8, 4) is 0 Å². The Morgan fingerprint density at radius 1 is 1.18 bits per heavy atom. The Bertz CT molecular complexity index is 1270. The molecule has 2 aromatic carbocycles. The van der Waals surface area contributed by atoms with E-state index < -0.39 is 10.8 Å². The molecule has 0 saturated carbocycles. The number of fused-ring (bicyclic) bond motifs is 3. The second kappa shape index (κ2) is 7.63. The zero-order valence-corrected chi connectivity index (χ0v) is 16.5. The molecule has 4 rings (SSSR count). The van der Waals surface area contributed by atoms with Crippen LogP contribution in [0.5, 0.6) is 0 Å². The van der Waals surface area contributed by atoms with Crippen LogP contribution in [-0.4, -0.2) is 29.1 Å². The Morgan fingerprint density at radius 2 is 2.00 bits per heavy atom. The van der Waals surface area contributed by atoms with Gasteiger partial charge in [0.1, 0.15) is 4.88 Å². The molecule has 0 N–H and O–H groups in total. The zero-order chi connectivity index (χ0) is 19.7. The lowest BCUT2D eigenvalue weighted by Gasteiger charge is -2.05. The van der Waals surface area contributed by atoms with Crippen LogP contribution in [0.25, 0.3) is 21.0 Å². The summed E-state index contributed by atoms with van der Waals surface area (Å²) in [4.78, 5) is 28.0. The van der Waals surface area contributed by atoms with Gasteiger partial charge < -0.3 is 9.30 Å². The van der Waals surface area contributed by atoms with Crippen LogP contribution in [0.4, 0.5) is 5.00 Å². The number of hydrogen-bond acceptors (Lipinski definition) is 6. The van der Waals surface area contributed by atoms with Crippen molar-refractivity contribution in [3.05, 3.63) is 68.3 Å². The van der Waals surface area contributed by atoms with Gasteiger partial charge in [-0.25, -0.2) is 0 Å². The minimum absolute atomic E-state index is 0.0758. The van der Waals surface area contributed by atoms with E-state index in [1.165, 1.54) is 23.5 Å². The summed E-state index contributed by atoms with van der Waals surface area (Å²) < 4.78 is 8.20. The van der Waals surface area contributed by atoms with Gasteiger partial charge in [0.15, 0.2) is 4.80 Å². The van der Waals surface area contributed by atoms with Gasteiger partial charge in [0.05, 0.1) is 21.7 Å². The van der Waals surface area contributed by atoms with E-state index in [1.54, 1.807) is 7.11 Å². The first-order chi connectivity index (χ1) is 13.6. The third-order valence-electron chi connectivity index (χ3n) is 4.27. The van der Waals surface area contributed by atoms with Crippen molar-refractivity contribution in [2.24, 2.45) is 4.99 Å². The first-order valence-electron chi connectivity index (χ1n) is 8.42. The van der Waals surface area contributed by atoms with Gasteiger partial charge >= 0.3 is 5.00 Å². The minimum atomic E-state index is -0.508. The molecule has 0 bridgehead atoms. The van der Waals surface area contributed by atoms with Crippen LogP contribution in [0, 0.1) is 10.1 Å². The predicted molar refractivity (Wildman–Crippen MR) is 110 cm³/mol. The van der Waals surface area contributed by atoms with Gasteiger partial charge in [0.2, 0.25) is 0 Å². The lowest BCUT2D eigenvalue weighted by molar-refractivity contribution is -0.380. The Balaban J connectivity index is 1.88. The monoisotopic (exact) mass is 413 g/mol. The molecule has 0 aliphatic rings. The van der Waals surface area contributed by atoms with E-state index in [4.69, 9.17) is 4.74 Å². The number of carbonyl (C=O) groups is 1. The van der Waals surface area contributed by atoms with Crippen molar-refractivity contribution in [2.45, 2.75) is 6.54 Å². The van der Waals surface area contributed by atoms with Crippen molar-refractivity contribution < 1.29 is 14.5 Å². The summed E-state index contributed by atoms with van der Waals surface area (Å²) in [5.41, 5.74) is 0.976. The van der Waals surface area contributed by atoms with Crippen molar-refractivity contribution in [1.82, 2.24) is 4.57 Å². The fourth-order valence-corrected chi connectivity index (χ4v) is 4.86. The number of nitro groups is 1. The molecular weight excluding hydrogens is 398 g/mol. The van der Waals surface area contributed by atoms with Crippen LogP contribution in [0.15, 0.2) is 53.5 Å². The van der Waals surface area contributed by atoms with Gasteiger partial charge in [-0.05, 0) is 17.5 Å². The van der Waals surface area contributed by atoms with E-state index in [9.17, 15) is 14.9 Å². The number of aromatic nitrogens is 1. The van der Waals surface area contributed by atoms with Crippen molar-refractivity contribution in [3.63, 3.8) is 0 Å². The molecule has 28 heavy (non-hydrogen) atoms. The molecule has 7 nitrogen and oxygen atoms in total. The molecule has 1 amide bonds. The third-order valence-corrected chi connectivity index (χ3v) is 6.42. The SMILES string of the molecule is COCCn1c(=NC(=O)c2ccc([N+](=O)[O-])s2)sc2c3ccccc3ccc21. The summed E-state index contributed by atoms with van der Waals surface area (Å²) in [6.07, 6.45) is 0. The van der Waals surface area contributed by atoms with Crippen LogP contribution < -0.4 is 4.80 Å². The maximum Gasteiger partial charge on any atom is 0.324 e. The maximum absolute atomic E-state index is 12.6. The first kappa shape index (κ1) is 18.5. The molecule has 0 radical (unpaired) electrons. The third kappa shape index (κ3) is 3.35. The Hall–Kier alpha value is -2.88. The highest BCUT2D eigenvalue weighted by Crippen LogP contribution is 2.28. The molecule has 0 aliphatic heterocycles. The second-order valence-electron chi connectivity index (χ2n) is 5.98. The number of thiazole rings is 1. The largest absolute Gasteiger partial charge is 0.383 e. The van der Waals surface area contributed by atoms with Gasteiger partial charge in [0.25, 0.3) is 5.91 Å². The number of ether oxygens (including phenoxy) is 1. The topological polar surface area (TPSA) is 86.7 Å². The van der Waals surface area contributed by atoms with Crippen LogP contribution in [0.3, 0.4) is 0 Å². The van der Waals surface area contributed by atoms with Crippen LogP contribution in [0.1, 0.15) is 9.67 Å². The fraction of sp³-hybridized carbons (Fsp3) is 0.158. The molecule has 0 spiro atoms. The molecule has 0 atom stereocenters. The van der Waals surface area contributed by atoms with E-state index in [0.29, 0.717) is 18.0 Å². The van der Waals surface area contributed by atoms with E-state index in [1.807, 2.05) is 41.0 Å². The molecule has 2 heterocycles. The number of carbonyl (C=O) groups excluding carboxylic acids is 1. The van der Waals surface area contributed by atoms with Crippen molar-refractivity contribution in [1.29, 1.82) is 0 Å². The van der Waals surface area contributed by atoms with Gasteiger partial charge in [-0.1, -0.05) is 53.0 Å². The Kier molecular flexibility index (Phi) is 5.03. The molecule has 9 heteroatoms. The number of methoxy groups -OCH3 is 1. The van der Waals surface area contributed by atoms with Crippen LogP contribution in [0.2, 0.25) is 0 Å². The lowest BCUT2D eigenvalue weighted by Crippen LogP contribution is -2.19. The van der Waals surface area contributed by atoms with Crippen LogP contribution >= 0.6 is 22.7 Å². The number of hydrogen-bond donors (Lipinski definition) is 0. The van der Waals surface area contributed by atoms with Crippen LogP contribution in [-0.2, 0) is 11.3 Å². The molecule has 0 unspecified atom stereocenters. The summed E-state index contributed by atoms with van der Waals surface area (Å²) >= 11 is 2.26. The standard InChI is InChI=1S/C19H15N3O4S2/c1-26-11-10-21-14-7-6-12-4-2-3-5-13(12)17(14)28-19(21)20-18(23)15-8-9-16(27-15)22(24)25/h2-9H,10-11H2,1H3. The summed E-state index contributed by atoms with van der Waals surface area (Å²) in [5.74, 6) is -0.486. The van der Waals surface area contributed by atoms with Gasteiger partial charge in [-0.2, -0.15) is 4.99 Å². The highest BCUT2D eigenvalue weighted by molar-refractivity contribution is 7.18. The van der Waals surface area contributed by atoms with Gasteiger partial charge in [0, 0.05) is 25.1 Å². The molecule has 2 aromatic heterocycles. The summed E-state index contributed by atoms with van der Waals surface area (Å²) in [6.45, 7) is 1.02. The van der Waals surface area contributed by atoms with E-state index in [-0.39, 0.29) is 9.88 Å². The summed E-state index contributed by atoms with van der Waals surface area (Å²) in [6, 6.07) is 14.9. The van der Waals surface area contributed by atoms with Crippen molar-refractivity contribution in [2.75, 3.05) is 13.7 Å². The zero-order valence-electron chi connectivity index (χ0n) is 14.8. The highest BCUT2D eigenvalue weighted by atomic mass is 32.1. The van der Waals surface area contributed by atoms with Gasteiger partial charge in [-0.15, -0.1) is 0 Å². The second-order valence-corrected chi connectivity index (χ2v) is 8.02. The number of benzene rings is 2. The van der Waals surface area contributed by atoms with E-state index >= 15 is 0 Å². The lowest BCUT2D eigenvalue weighted by atomic mass is 10.1. The van der Waals surface area contributed by atoms with E-state index in [0.717, 1.165) is 32.3 Å². The number of amides is 1. The summed E-state index contributed by atoms with van der Waals surface area (Å²) in [7, 11) is 1.62. The average molecular weight is 413 g/mol. The predicted octanol–water partition coefficient (Wildman–Crippen LogP) is 4.21. The molecular formula is C19H15N3O4S2. The Morgan fingerprint density at radius 3 is 2.75 bits per heavy atom. The molecule has 4 aromatic rings. The molecule has 142 valence electrons. The maximum atomic E-state index is 12.6.